The van der Waals surface area contributed by atoms with E-state index in [0.717, 1.165) is 12.1 Å². The maximum atomic E-state index is 11.1. The summed E-state index contributed by atoms with van der Waals surface area (Å²) in [6.45, 7) is 0. The third kappa shape index (κ3) is 2.99. The molecule has 0 unspecified atom stereocenters. The van der Waals surface area contributed by atoms with Crippen molar-refractivity contribution in [2.75, 3.05) is 0 Å². The molecule has 0 bridgehead atoms. The van der Waals surface area contributed by atoms with Gasteiger partial charge in [0.1, 0.15) is 29.1 Å². The van der Waals surface area contributed by atoms with Crippen LogP contribution in [-0.2, 0) is 0 Å². The highest BCUT2D eigenvalue weighted by Gasteiger charge is 2.43. The molecule has 1 aliphatic heterocycles. The monoisotopic (exact) mass is 398 g/mol. The van der Waals surface area contributed by atoms with Gasteiger partial charge in [-0.15, -0.1) is 0 Å². The van der Waals surface area contributed by atoms with E-state index >= 15 is 0 Å². The van der Waals surface area contributed by atoms with Crippen molar-refractivity contribution in [1.29, 1.82) is 0 Å². The summed E-state index contributed by atoms with van der Waals surface area (Å²) in [4.78, 5) is 0. The quantitative estimate of drug-likeness (QED) is 0.325. The van der Waals surface area contributed by atoms with Gasteiger partial charge in [0.2, 0.25) is 5.75 Å². The topological polar surface area (TPSA) is 151 Å². The Morgan fingerprint density at radius 2 is 1.31 bits per heavy atom. The van der Waals surface area contributed by atoms with Crippen LogP contribution in [0.2, 0.25) is 0 Å². The predicted octanol–water partition coefficient (Wildman–Crippen LogP) is 2.55. The highest BCUT2D eigenvalue weighted by atomic mass is 16.5. The molecule has 0 fully saturated rings. The van der Waals surface area contributed by atoms with Crippen LogP contribution < -0.4 is 4.74 Å². The summed E-state index contributed by atoms with van der Waals surface area (Å²) in [6.07, 6.45) is -2.40. The zero-order valence-corrected chi connectivity index (χ0v) is 14.9. The van der Waals surface area contributed by atoms with Crippen molar-refractivity contribution < 1.29 is 40.5 Å². The molecule has 4 rings (SSSR count). The highest BCUT2D eigenvalue weighted by Crippen LogP contribution is 2.54. The van der Waals surface area contributed by atoms with Crippen LogP contribution in [0.15, 0.2) is 48.5 Å². The van der Waals surface area contributed by atoms with E-state index in [1.165, 1.54) is 36.4 Å². The van der Waals surface area contributed by atoms with Crippen molar-refractivity contribution in [3.05, 3.63) is 65.2 Å². The average Bonchev–Trinajstić information content (AvgIpc) is 2.66. The largest absolute Gasteiger partial charge is 0.508 e. The fourth-order valence-electron chi connectivity index (χ4n) is 3.68. The van der Waals surface area contributed by atoms with Crippen molar-refractivity contribution in [2.45, 2.75) is 18.1 Å². The second-order valence-corrected chi connectivity index (χ2v) is 6.85. The molecule has 0 aromatic heterocycles. The molecule has 0 radical (unpaired) electrons. The number of phenolic OH excluding ortho intramolecular Hbond substituents is 6. The van der Waals surface area contributed by atoms with Crippen LogP contribution in [-0.4, -0.2) is 41.8 Å². The zero-order chi connectivity index (χ0) is 20.9. The lowest BCUT2D eigenvalue weighted by Crippen LogP contribution is -2.35. The SMILES string of the molecule is Oc1ccc([C@H]2Oc3c(ccc(O)c3O)[C@H](c3c(O)cc(O)cc3O)[C@H]2O)cc1. The van der Waals surface area contributed by atoms with Gasteiger partial charge in [-0.25, -0.2) is 0 Å². The Hall–Kier alpha value is -3.78. The number of hydrogen-bond donors (Lipinski definition) is 7. The molecule has 8 heteroatoms. The van der Waals surface area contributed by atoms with E-state index in [-0.39, 0.29) is 28.4 Å². The fourth-order valence-corrected chi connectivity index (χ4v) is 3.68. The second-order valence-electron chi connectivity index (χ2n) is 6.85. The summed E-state index contributed by atoms with van der Waals surface area (Å²) in [5.74, 6) is -3.47. The van der Waals surface area contributed by atoms with Crippen LogP contribution >= 0.6 is 0 Å². The van der Waals surface area contributed by atoms with Gasteiger partial charge in [-0.1, -0.05) is 18.2 Å². The molecular weight excluding hydrogens is 380 g/mol. The molecule has 1 aliphatic rings. The van der Waals surface area contributed by atoms with E-state index in [4.69, 9.17) is 4.74 Å². The van der Waals surface area contributed by atoms with Crippen LogP contribution in [0, 0.1) is 0 Å². The van der Waals surface area contributed by atoms with Crippen LogP contribution in [0.1, 0.15) is 28.7 Å². The van der Waals surface area contributed by atoms with Gasteiger partial charge in [0, 0.05) is 23.3 Å². The maximum Gasteiger partial charge on any atom is 0.200 e. The molecule has 3 atom stereocenters. The molecular formula is C21H18O8. The number of hydrogen-bond acceptors (Lipinski definition) is 8. The normalized spacial score (nSPS) is 20.7. The number of benzene rings is 3. The Balaban J connectivity index is 1.94. The van der Waals surface area contributed by atoms with Gasteiger partial charge in [0.15, 0.2) is 17.6 Å². The van der Waals surface area contributed by atoms with Crippen LogP contribution in [0.5, 0.6) is 40.2 Å². The molecule has 0 aliphatic carbocycles. The number of aliphatic hydroxyl groups excluding tert-OH is 1. The van der Waals surface area contributed by atoms with E-state index in [1.807, 2.05) is 0 Å². The number of aromatic hydroxyl groups is 6. The molecule has 3 aromatic rings. The lowest BCUT2D eigenvalue weighted by atomic mass is 9.79. The van der Waals surface area contributed by atoms with E-state index < -0.39 is 41.1 Å². The summed E-state index contributed by atoms with van der Waals surface area (Å²) in [5.41, 5.74) is 0.597. The minimum Gasteiger partial charge on any atom is -0.508 e. The maximum absolute atomic E-state index is 11.1. The van der Waals surface area contributed by atoms with E-state index in [2.05, 4.69) is 0 Å². The van der Waals surface area contributed by atoms with Gasteiger partial charge < -0.3 is 40.5 Å². The number of fused-ring (bicyclic) bond motifs is 1. The highest BCUT2D eigenvalue weighted by molar-refractivity contribution is 5.62. The van der Waals surface area contributed by atoms with Crippen LogP contribution in [0.4, 0.5) is 0 Å². The Labute approximate surface area is 164 Å². The molecule has 3 aromatic carbocycles. The molecule has 0 amide bonds. The molecule has 7 N–H and O–H groups in total. The minimum atomic E-state index is -1.34. The van der Waals surface area contributed by atoms with Crippen LogP contribution in [0.25, 0.3) is 0 Å². The van der Waals surface area contributed by atoms with Gasteiger partial charge >= 0.3 is 0 Å². The third-order valence-corrected chi connectivity index (χ3v) is 5.03. The van der Waals surface area contributed by atoms with Gasteiger partial charge in [0.25, 0.3) is 0 Å². The van der Waals surface area contributed by atoms with E-state index in [1.54, 1.807) is 0 Å². The summed E-state index contributed by atoms with van der Waals surface area (Å²) in [7, 11) is 0. The lowest BCUT2D eigenvalue weighted by molar-refractivity contribution is 0.00570. The molecule has 8 nitrogen and oxygen atoms in total. The zero-order valence-electron chi connectivity index (χ0n) is 14.9. The Bertz CT molecular complexity index is 1050. The molecule has 150 valence electrons. The third-order valence-electron chi connectivity index (χ3n) is 5.03. The van der Waals surface area contributed by atoms with E-state index in [9.17, 15) is 35.7 Å². The Morgan fingerprint density at radius 3 is 1.93 bits per heavy atom. The number of ether oxygens (including phenoxy) is 1. The minimum absolute atomic E-state index is 0.00492. The van der Waals surface area contributed by atoms with Crippen molar-refractivity contribution in [3.63, 3.8) is 0 Å². The second kappa shape index (κ2) is 6.68. The van der Waals surface area contributed by atoms with E-state index in [0.29, 0.717) is 5.56 Å². The molecule has 0 saturated heterocycles. The Morgan fingerprint density at radius 1 is 0.690 bits per heavy atom. The molecule has 0 saturated carbocycles. The number of aliphatic hydroxyl groups is 1. The summed E-state index contributed by atoms with van der Waals surface area (Å²) < 4.78 is 5.78. The van der Waals surface area contributed by atoms with Gasteiger partial charge in [0.05, 0.1) is 5.92 Å². The van der Waals surface area contributed by atoms with Crippen molar-refractivity contribution >= 4 is 0 Å². The number of phenols is 6. The van der Waals surface area contributed by atoms with Crippen molar-refractivity contribution in [1.82, 2.24) is 0 Å². The van der Waals surface area contributed by atoms with Crippen molar-refractivity contribution in [2.24, 2.45) is 0 Å². The first-order valence-electron chi connectivity index (χ1n) is 8.71. The van der Waals surface area contributed by atoms with Gasteiger partial charge in [-0.3, -0.25) is 0 Å². The standard InChI is InChI=1S/C21H18O8/c22-10-3-1-9(2-4-10)20-19(28)16(17-14(25)7-11(23)8-15(17)26)12-5-6-13(24)18(27)21(12)29-20/h1-8,16,19-20,22-28H/t16-,19-,20-/m1/s1. The number of rotatable bonds is 2. The van der Waals surface area contributed by atoms with Gasteiger partial charge in [-0.2, -0.15) is 0 Å². The molecule has 0 spiro atoms. The first-order valence-corrected chi connectivity index (χ1v) is 8.71. The molecule has 1 heterocycles. The predicted molar refractivity (Wildman–Crippen MR) is 101 cm³/mol. The average molecular weight is 398 g/mol. The van der Waals surface area contributed by atoms with Crippen molar-refractivity contribution in [3.8, 4) is 40.2 Å². The summed E-state index contributed by atoms with van der Waals surface area (Å²) in [6, 6.07) is 10.5. The lowest BCUT2D eigenvalue weighted by Gasteiger charge is -2.38. The van der Waals surface area contributed by atoms with Crippen LogP contribution in [0.3, 0.4) is 0 Å². The summed E-state index contributed by atoms with van der Waals surface area (Å²) >= 11 is 0. The first kappa shape index (κ1) is 18.6. The fraction of sp³-hybridized carbons (Fsp3) is 0.143. The smallest absolute Gasteiger partial charge is 0.200 e. The van der Waals surface area contributed by atoms with Gasteiger partial charge in [-0.05, 0) is 23.8 Å². The summed E-state index contributed by atoms with van der Waals surface area (Å²) in [5, 5.41) is 71.2. The Kier molecular flexibility index (Phi) is 4.28. The molecule has 29 heavy (non-hydrogen) atoms. The first-order chi connectivity index (χ1) is 13.8.